The minimum Gasteiger partial charge on any atom is -0.493 e. The maximum Gasteiger partial charge on any atom is 0.203 e. The Morgan fingerprint density at radius 1 is 1.18 bits per heavy atom. The first kappa shape index (κ1) is 17.2. The number of ether oxygens (including phenoxy) is 3. The third-order valence-electron chi connectivity index (χ3n) is 4.80. The molecule has 3 rings (SSSR count). The van der Waals surface area contributed by atoms with Gasteiger partial charge in [-0.25, -0.2) is 0 Å². The average Bonchev–Trinajstić information content (AvgIpc) is 2.52. The van der Waals surface area contributed by atoms with Gasteiger partial charge in [-0.3, -0.25) is 0 Å². The Bertz CT molecular complexity index is 531. The molecule has 1 aliphatic carbocycles. The molecule has 1 spiro atoms. The van der Waals surface area contributed by atoms with Crippen molar-refractivity contribution in [2.45, 2.75) is 49.9 Å². The fraction of sp³-hybridized carbons (Fsp3) is 0.625. The van der Waals surface area contributed by atoms with Crippen LogP contribution in [0.4, 0.5) is 0 Å². The SMILES string of the molecule is COc1ccc2c(c1OC)OC1(CCCCC1)C(N)C2O.Cl. The van der Waals surface area contributed by atoms with Crippen LogP contribution in [0.5, 0.6) is 17.2 Å². The van der Waals surface area contributed by atoms with Gasteiger partial charge in [0.15, 0.2) is 11.5 Å². The molecule has 1 fully saturated rings. The summed E-state index contributed by atoms with van der Waals surface area (Å²) in [6.45, 7) is 0. The van der Waals surface area contributed by atoms with Gasteiger partial charge in [-0.1, -0.05) is 6.42 Å². The number of fused-ring (bicyclic) bond motifs is 1. The van der Waals surface area contributed by atoms with Crippen LogP contribution in [-0.2, 0) is 0 Å². The Kier molecular flexibility index (Phi) is 5.10. The van der Waals surface area contributed by atoms with Gasteiger partial charge >= 0.3 is 0 Å². The zero-order chi connectivity index (χ0) is 15.0. The van der Waals surface area contributed by atoms with Gasteiger partial charge < -0.3 is 25.1 Å². The number of hydrogen-bond acceptors (Lipinski definition) is 5. The van der Waals surface area contributed by atoms with Crippen molar-refractivity contribution < 1.29 is 19.3 Å². The van der Waals surface area contributed by atoms with Crippen LogP contribution in [0.3, 0.4) is 0 Å². The standard InChI is InChI=1S/C16H23NO4.ClH/c1-19-11-7-6-10-12(18)15(17)16(8-4-3-5-9-16)21-13(10)14(11)20-2;/h6-7,12,15,18H,3-5,8-9,17H2,1-2H3;1H. The van der Waals surface area contributed by atoms with E-state index in [1.54, 1.807) is 26.4 Å². The second kappa shape index (κ2) is 6.52. The van der Waals surface area contributed by atoms with E-state index in [0.29, 0.717) is 22.8 Å². The molecule has 22 heavy (non-hydrogen) atoms. The molecule has 0 saturated heterocycles. The lowest BCUT2D eigenvalue weighted by molar-refractivity contribution is -0.0598. The quantitative estimate of drug-likeness (QED) is 0.872. The zero-order valence-corrected chi connectivity index (χ0v) is 13.8. The number of aliphatic hydroxyl groups is 1. The van der Waals surface area contributed by atoms with E-state index in [0.717, 1.165) is 25.7 Å². The highest BCUT2D eigenvalue weighted by atomic mass is 35.5. The van der Waals surface area contributed by atoms with Gasteiger partial charge in [0.05, 0.1) is 20.3 Å². The predicted molar refractivity (Wildman–Crippen MR) is 86.2 cm³/mol. The largest absolute Gasteiger partial charge is 0.493 e. The van der Waals surface area contributed by atoms with Crippen molar-refractivity contribution in [2.24, 2.45) is 5.73 Å². The maximum absolute atomic E-state index is 10.6. The molecule has 6 heteroatoms. The molecule has 124 valence electrons. The molecule has 5 nitrogen and oxygen atoms in total. The zero-order valence-electron chi connectivity index (χ0n) is 13.0. The highest BCUT2D eigenvalue weighted by Crippen LogP contribution is 2.51. The third kappa shape index (κ3) is 2.51. The first-order chi connectivity index (χ1) is 10.1. The minimum absolute atomic E-state index is 0. The second-order valence-electron chi connectivity index (χ2n) is 5.92. The van der Waals surface area contributed by atoms with Crippen molar-refractivity contribution >= 4 is 12.4 Å². The topological polar surface area (TPSA) is 73.9 Å². The van der Waals surface area contributed by atoms with Gasteiger partial charge in [-0.2, -0.15) is 0 Å². The van der Waals surface area contributed by atoms with Crippen LogP contribution in [0.15, 0.2) is 12.1 Å². The van der Waals surface area contributed by atoms with Crippen LogP contribution < -0.4 is 19.9 Å². The molecule has 2 unspecified atom stereocenters. The maximum atomic E-state index is 10.6. The highest BCUT2D eigenvalue weighted by Gasteiger charge is 2.49. The lowest BCUT2D eigenvalue weighted by atomic mass is 9.74. The molecule has 2 atom stereocenters. The fourth-order valence-corrected chi connectivity index (χ4v) is 3.59. The molecule has 2 aliphatic rings. The van der Waals surface area contributed by atoms with E-state index < -0.39 is 17.7 Å². The summed E-state index contributed by atoms with van der Waals surface area (Å²) in [4.78, 5) is 0. The van der Waals surface area contributed by atoms with E-state index >= 15 is 0 Å². The van der Waals surface area contributed by atoms with E-state index in [4.69, 9.17) is 19.9 Å². The Morgan fingerprint density at radius 3 is 2.45 bits per heavy atom. The molecular weight excluding hydrogens is 306 g/mol. The number of aliphatic hydroxyl groups excluding tert-OH is 1. The van der Waals surface area contributed by atoms with Gasteiger partial charge in [0.2, 0.25) is 5.75 Å². The normalized spacial score (nSPS) is 25.6. The molecule has 1 heterocycles. The smallest absolute Gasteiger partial charge is 0.203 e. The lowest BCUT2D eigenvalue weighted by Gasteiger charge is -2.47. The lowest BCUT2D eigenvalue weighted by Crippen LogP contribution is -2.58. The van der Waals surface area contributed by atoms with Crippen LogP contribution in [0.1, 0.15) is 43.8 Å². The van der Waals surface area contributed by atoms with E-state index in [1.807, 2.05) is 0 Å². The molecular formula is C16H24ClNO4. The predicted octanol–water partition coefficient (Wildman–Crippen LogP) is 2.58. The van der Waals surface area contributed by atoms with Crippen molar-refractivity contribution in [3.63, 3.8) is 0 Å². The number of rotatable bonds is 2. The minimum atomic E-state index is -0.744. The Hall–Kier alpha value is -1.17. The van der Waals surface area contributed by atoms with Crippen LogP contribution in [-0.4, -0.2) is 31.0 Å². The van der Waals surface area contributed by atoms with Gasteiger partial charge in [0.25, 0.3) is 0 Å². The van der Waals surface area contributed by atoms with Crippen LogP contribution in [0, 0.1) is 0 Å². The first-order valence-corrected chi connectivity index (χ1v) is 7.50. The summed E-state index contributed by atoms with van der Waals surface area (Å²) in [5.74, 6) is 1.71. The van der Waals surface area contributed by atoms with Crippen molar-refractivity contribution in [2.75, 3.05) is 14.2 Å². The number of hydrogen-bond donors (Lipinski definition) is 2. The molecule has 1 saturated carbocycles. The van der Waals surface area contributed by atoms with Gasteiger partial charge in [-0.05, 0) is 37.8 Å². The monoisotopic (exact) mass is 329 g/mol. The number of benzene rings is 1. The summed E-state index contributed by atoms with van der Waals surface area (Å²) < 4.78 is 17.1. The van der Waals surface area contributed by atoms with E-state index in [2.05, 4.69) is 0 Å². The van der Waals surface area contributed by atoms with E-state index in [1.165, 1.54) is 6.42 Å². The second-order valence-corrected chi connectivity index (χ2v) is 5.92. The fourth-order valence-electron chi connectivity index (χ4n) is 3.59. The number of methoxy groups -OCH3 is 2. The number of halogens is 1. The summed E-state index contributed by atoms with van der Waals surface area (Å²) in [7, 11) is 3.17. The highest BCUT2D eigenvalue weighted by molar-refractivity contribution is 5.85. The van der Waals surface area contributed by atoms with Crippen LogP contribution in [0.25, 0.3) is 0 Å². The van der Waals surface area contributed by atoms with Crippen LogP contribution >= 0.6 is 12.4 Å². The van der Waals surface area contributed by atoms with Gasteiger partial charge in [-0.15, -0.1) is 12.4 Å². The Balaban J connectivity index is 0.00000176. The van der Waals surface area contributed by atoms with E-state index in [-0.39, 0.29) is 12.4 Å². The van der Waals surface area contributed by atoms with Crippen molar-refractivity contribution in [3.05, 3.63) is 17.7 Å². The van der Waals surface area contributed by atoms with Gasteiger partial charge in [0.1, 0.15) is 11.7 Å². The molecule has 0 radical (unpaired) electrons. The molecule has 1 aliphatic heterocycles. The molecule has 0 bridgehead atoms. The summed E-state index contributed by atoms with van der Waals surface area (Å²) >= 11 is 0. The Morgan fingerprint density at radius 2 is 1.86 bits per heavy atom. The van der Waals surface area contributed by atoms with Crippen molar-refractivity contribution in [1.82, 2.24) is 0 Å². The molecule has 1 aromatic carbocycles. The van der Waals surface area contributed by atoms with Crippen molar-refractivity contribution in [3.8, 4) is 17.2 Å². The third-order valence-corrected chi connectivity index (χ3v) is 4.80. The average molecular weight is 330 g/mol. The number of nitrogens with two attached hydrogens (primary N) is 1. The first-order valence-electron chi connectivity index (χ1n) is 7.50. The molecule has 0 amide bonds. The molecule has 1 aromatic rings. The van der Waals surface area contributed by atoms with Crippen molar-refractivity contribution in [1.29, 1.82) is 0 Å². The van der Waals surface area contributed by atoms with Gasteiger partial charge in [0, 0.05) is 5.56 Å². The van der Waals surface area contributed by atoms with E-state index in [9.17, 15) is 5.11 Å². The van der Waals surface area contributed by atoms with Crippen LogP contribution in [0.2, 0.25) is 0 Å². The summed E-state index contributed by atoms with van der Waals surface area (Å²) in [5, 5.41) is 10.6. The molecule has 0 aromatic heterocycles. The summed E-state index contributed by atoms with van der Waals surface area (Å²) in [5.41, 5.74) is 6.50. The summed E-state index contributed by atoms with van der Waals surface area (Å²) in [6, 6.07) is 3.16. The Labute approximate surface area is 137 Å². The summed E-state index contributed by atoms with van der Waals surface area (Å²) in [6.07, 6.45) is 4.32. The molecule has 3 N–H and O–H groups in total.